The Hall–Kier alpha value is -0.550. The van der Waals surface area contributed by atoms with Crippen LogP contribution in [0.4, 0.5) is 0 Å². The van der Waals surface area contributed by atoms with Crippen LogP contribution < -0.4 is 0 Å². The van der Waals surface area contributed by atoms with Crippen LogP contribution >= 0.6 is 34.2 Å². The Bertz CT molecular complexity index is 472. The number of aromatic nitrogens is 1. The molecule has 0 aliphatic carbocycles. The van der Waals surface area contributed by atoms with Crippen LogP contribution in [0.15, 0.2) is 24.4 Å². The lowest BCUT2D eigenvalue weighted by Crippen LogP contribution is -1.83. The molecule has 0 aliphatic heterocycles. The van der Waals surface area contributed by atoms with E-state index in [2.05, 4.69) is 27.6 Å². The first-order valence-electron chi connectivity index (χ1n) is 3.62. The van der Waals surface area contributed by atoms with Crippen LogP contribution in [0, 0.1) is 3.57 Å². The minimum atomic E-state index is 0.171. The van der Waals surface area contributed by atoms with Gasteiger partial charge < -0.3 is 5.11 Å². The van der Waals surface area contributed by atoms with E-state index in [1.54, 1.807) is 18.3 Å². The number of hydrogen-bond donors (Lipinski definition) is 1. The van der Waals surface area contributed by atoms with Crippen LogP contribution in [0.2, 0.25) is 5.02 Å². The zero-order chi connectivity index (χ0) is 9.42. The average molecular weight is 306 g/mol. The topological polar surface area (TPSA) is 33.1 Å². The van der Waals surface area contributed by atoms with Crippen molar-refractivity contribution >= 4 is 45.1 Å². The molecule has 0 amide bonds. The molecule has 0 aliphatic rings. The number of rotatable bonds is 0. The van der Waals surface area contributed by atoms with Gasteiger partial charge in [0.15, 0.2) is 0 Å². The first-order valence-corrected chi connectivity index (χ1v) is 5.07. The molecule has 1 heterocycles. The summed E-state index contributed by atoms with van der Waals surface area (Å²) >= 11 is 8.12. The third-order valence-corrected chi connectivity index (χ3v) is 3.34. The van der Waals surface area contributed by atoms with E-state index in [1.807, 2.05) is 6.07 Å². The fourth-order valence-electron chi connectivity index (χ4n) is 1.17. The van der Waals surface area contributed by atoms with E-state index in [1.165, 1.54) is 0 Å². The van der Waals surface area contributed by atoms with Crippen LogP contribution in [-0.4, -0.2) is 10.1 Å². The highest BCUT2D eigenvalue weighted by Gasteiger charge is 2.07. The Morgan fingerprint density at radius 1 is 1.46 bits per heavy atom. The summed E-state index contributed by atoms with van der Waals surface area (Å²) in [5, 5.41) is 11.0. The van der Waals surface area contributed by atoms with Crippen LogP contribution in [-0.2, 0) is 0 Å². The fraction of sp³-hybridized carbons (Fsp3) is 0. The molecule has 13 heavy (non-hydrogen) atoms. The van der Waals surface area contributed by atoms with Crippen LogP contribution in [0.5, 0.6) is 5.75 Å². The van der Waals surface area contributed by atoms with Crippen molar-refractivity contribution in [3.8, 4) is 5.75 Å². The predicted molar refractivity (Wildman–Crippen MR) is 61.1 cm³/mol. The van der Waals surface area contributed by atoms with E-state index in [9.17, 15) is 5.11 Å². The van der Waals surface area contributed by atoms with E-state index in [-0.39, 0.29) is 5.75 Å². The molecular formula is C9H5ClINO. The lowest BCUT2D eigenvalue weighted by Gasteiger charge is -2.03. The smallest absolute Gasteiger partial charge is 0.142 e. The number of nitrogens with zero attached hydrogens (tertiary/aromatic N) is 1. The van der Waals surface area contributed by atoms with Crippen molar-refractivity contribution in [2.75, 3.05) is 0 Å². The summed E-state index contributed by atoms with van der Waals surface area (Å²) < 4.78 is 0.831. The van der Waals surface area contributed by atoms with Gasteiger partial charge in [0.1, 0.15) is 11.3 Å². The molecule has 0 spiro atoms. The molecule has 4 heteroatoms. The Morgan fingerprint density at radius 2 is 2.23 bits per heavy atom. The lowest BCUT2D eigenvalue weighted by atomic mass is 10.2. The largest absolute Gasteiger partial charge is 0.506 e. The van der Waals surface area contributed by atoms with Crippen molar-refractivity contribution in [1.29, 1.82) is 0 Å². The summed E-state index contributed by atoms with van der Waals surface area (Å²) in [6, 6.07) is 5.24. The molecule has 1 aromatic heterocycles. The number of phenols is 1. The van der Waals surface area contributed by atoms with Gasteiger partial charge in [-0.25, -0.2) is 0 Å². The van der Waals surface area contributed by atoms with Crippen molar-refractivity contribution in [2.45, 2.75) is 0 Å². The maximum atomic E-state index is 9.55. The zero-order valence-corrected chi connectivity index (χ0v) is 9.37. The number of fused-ring (bicyclic) bond motifs is 1. The SMILES string of the molecule is Oc1cc(I)c(Cl)c2cccnc12. The predicted octanol–water partition coefficient (Wildman–Crippen LogP) is 3.20. The Kier molecular flexibility index (Phi) is 2.29. The van der Waals surface area contributed by atoms with Crippen molar-refractivity contribution in [3.05, 3.63) is 33.0 Å². The Morgan fingerprint density at radius 3 is 3.00 bits per heavy atom. The summed E-state index contributed by atoms with van der Waals surface area (Å²) in [4.78, 5) is 4.04. The van der Waals surface area contributed by atoms with Crippen molar-refractivity contribution in [2.24, 2.45) is 0 Å². The first-order chi connectivity index (χ1) is 6.20. The third-order valence-electron chi connectivity index (χ3n) is 1.76. The second kappa shape index (κ2) is 3.31. The molecule has 0 radical (unpaired) electrons. The molecule has 2 nitrogen and oxygen atoms in total. The highest BCUT2D eigenvalue weighted by molar-refractivity contribution is 14.1. The number of halogens is 2. The van der Waals surface area contributed by atoms with Gasteiger partial charge in [-0.2, -0.15) is 0 Å². The molecule has 1 aromatic carbocycles. The molecule has 0 saturated heterocycles. The van der Waals surface area contributed by atoms with Crippen LogP contribution in [0.25, 0.3) is 10.9 Å². The monoisotopic (exact) mass is 305 g/mol. The molecular weight excluding hydrogens is 300 g/mol. The van der Waals surface area contributed by atoms with Crippen molar-refractivity contribution in [3.63, 3.8) is 0 Å². The quantitative estimate of drug-likeness (QED) is 0.758. The van der Waals surface area contributed by atoms with Gasteiger partial charge in [0.05, 0.1) is 5.02 Å². The van der Waals surface area contributed by atoms with Gasteiger partial charge in [-0.3, -0.25) is 4.98 Å². The molecule has 66 valence electrons. The molecule has 1 N–H and O–H groups in total. The molecule has 0 atom stereocenters. The zero-order valence-electron chi connectivity index (χ0n) is 6.46. The van der Waals surface area contributed by atoms with Crippen LogP contribution in [0.3, 0.4) is 0 Å². The average Bonchev–Trinajstić information content (AvgIpc) is 2.15. The second-order valence-electron chi connectivity index (χ2n) is 2.59. The minimum absolute atomic E-state index is 0.171. The van der Waals surface area contributed by atoms with Crippen molar-refractivity contribution in [1.82, 2.24) is 4.98 Å². The number of benzene rings is 1. The number of pyridine rings is 1. The maximum Gasteiger partial charge on any atom is 0.142 e. The van der Waals surface area contributed by atoms with Gasteiger partial charge in [0, 0.05) is 15.2 Å². The second-order valence-corrected chi connectivity index (χ2v) is 4.13. The molecule has 0 unspecified atom stereocenters. The van der Waals surface area contributed by atoms with E-state index in [0.717, 1.165) is 8.96 Å². The van der Waals surface area contributed by atoms with Gasteiger partial charge in [-0.15, -0.1) is 0 Å². The summed E-state index contributed by atoms with van der Waals surface area (Å²) in [5.41, 5.74) is 0.549. The Labute approximate surface area is 93.7 Å². The lowest BCUT2D eigenvalue weighted by molar-refractivity contribution is 0.480. The Balaban J connectivity index is 2.97. The van der Waals surface area contributed by atoms with Gasteiger partial charge >= 0.3 is 0 Å². The van der Waals surface area contributed by atoms with Gasteiger partial charge in [-0.05, 0) is 40.8 Å². The van der Waals surface area contributed by atoms with Gasteiger partial charge in [0.25, 0.3) is 0 Å². The van der Waals surface area contributed by atoms with Crippen LogP contribution in [0.1, 0.15) is 0 Å². The summed E-state index contributed by atoms with van der Waals surface area (Å²) in [6.07, 6.45) is 1.63. The number of phenolic OH excluding ortho intramolecular Hbond substituents is 1. The maximum absolute atomic E-state index is 9.55. The van der Waals surface area contributed by atoms with Gasteiger partial charge in [-0.1, -0.05) is 11.6 Å². The highest BCUT2D eigenvalue weighted by Crippen LogP contribution is 2.33. The third kappa shape index (κ3) is 1.46. The summed E-state index contributed by atoms with van der Waals surface area (Å²) in [6.45, 7) is 0. The van der Waals surface area contributed by atoms with E-state index in [0.29, 0.717) is 10.5 Å². The van der Waals surface area contributed by atoms with Crippen molar-refractivity contribution < 1.29 is 5.11 Å². The van der Waals surface area contributed by atoms with Gasteiger partial charge in [0.2, 0.25) is 0 Å². The molecule has 0 bridgehead atoms. The van der Waals surface area contributed by atoms with E-state index in [4.69, 9.17) is 11.6 Å². The number of hydrogen-bond acceptors (Lipinski definition) is 2. The minimum Gasteiger partial charge on any atom is -0.506 e. The molecule has 2 aromatic rings. The molecule has 2 rings (SSSR count). The highest BCUT2D eigenvalue weighted by atomic mass is 127. The molecule has 0 fully saturated rings. The van der Waals surface area contributed by atoms with E-state index >= 15 is 0 Å². The van der Waals surface area contributed by atoms with E-state index < -0.39 is 0 Å². The first kappa shape index (κ1) is 9.02. The fourth-order valence-corrected chi connectivity index (χ4v) is 1.96. The number of aromatic hydroxyl groups is 1. The normalized spacial score (nSPS) is 10.6. The molecule has 0 saturated carbocycles. The standard InChI is InChI=1S/C9H5ClINO/c10-8-5-2-1-3-12-9(5)7(13)4-6(8)11/h1-4,13H. The summed E-state index contributed by atoms with van der Waals surface area (Å²) in [5.74, 6) is 0.171. The summed E-state index contributed by atoms with van der Waals surface area (Å²) in [7, 11) is 0.